The summed E-state index contributed by atoms with van der Waals surface area (Å²) in [6, 6.07) is 7.47. The molecule has 118 valence electrons. The monoisotopic (exact) mass is 303 g/mol. The normalized spacial score (nSPS) is 10.5. The molecule has 0 unspecified atom stereocenters. The molecular weight excluding hydrogens is 282 g/mol. The molecule has 0 fully saturated rings. The second kappa shape index (κ2) is 8.17. The zero-order chi connectivity index (χ0) is 15.8. The molecule has 0 aliphatic carbocycles. The minimum atomic E-state index is 0.00508. The fourth-order valence-corrected chi connectivity index (χ4v) is 2.01. The Hall–Kier alpha value is -2.37. The number of para-hydroxylation sites is 1. The number of amides is 1. The number of hydrogen-bond acceptors (Lipinski definition) is 5. The van der Waals surface area contributed by atoms with Crippen LogP contribution in [-0.2, 0) is 11.2 Å². The fourth-order valence-electron chi connectivity index (χ4n) is 2.01. The Balaban J connectivity index is 1.93. The van der Waals surface area contributed by atoms with Gasteiger partial charge in [0.25, 0.3) is 0 Å². The lowest BCUT2D eigenvalue weighted by Crippen LogP contribution is -2.24. The van der Waals surface area contributed by atoms with Gasteiger partial charge in [-0.3, -0.25) is 4.79 Å². The molecule has 1 amide bonds. The minimum Gasteiger partial charge on any atom is -0.496 e. The van der Waals surface area contributed by atoms with Crippen LogP contribution in [0.3, 0.4) is 0 Å². The van der Waals surface area contributed by atoms with Crippen LogP contribution in [-0.4, -0.2) is 29.7 Å². The van der Waals surface area contributed by atoms with Gasteiger partial charge in [0.1, 0.15) is 5.75 Å². The fraction of sp³-hybridized carbons (Fsp3) is 0.438. The van der Waals surface area contributed by atoms with Crippen LogP contribution in [0.4, 0.5) is 0 Å². The Morgan fingerprint density at radius 1 is 1.36 bits per heavy atom. The summed E-state index contributed by atoms with van der Waals surface area (Å²) in [5.41, 5.74) is 0.771. The molecule has 22 heavy (non-hydrogen) atoms. The average Bonchev–Trinajstić information content (AvgIpc) is 3.02. The molecule has 0 spiro atoms. The van der Waals surface area contributed by atoms with Crippen molar-refractivity contribution in [3.63, 3.8) is 0 Å². The first-order valence-electron chi connectivity index (χ1n) is 7.47. The molecule has 0 saturated heterocycles. The predicted molar refractivity (Wildman–Crippen MR) is 82.5 cm³/mol. The number of carbonyl (C=O) groups excluding carboxylic acids is 1. The number of carbonyl (C=O) groups is 1. The van der Waals surface area contributed by atoms with Crippen LogP contribution < -0.4 is 10.1 Å². The number of nitrogens with one attached hydrogen (secondary N) is 1. The summed E-state index contributed by atoms with van der Waals surface area (Å²) in [4.78, 5) is 16.0. The number of rotatable bonds is 8. The van der Waals surface area contributed by atoms with Crippen molar-refractivity contribution in [3.05, 3.63) is 30.2 Å². The third kappa shape index (κ3) is 4.31. The van der Waals surface area contributed by atoms with Crippen molar-refractivity contribution in [2.75, 3.05) is 13.7 Å². The van der Waals surface area contributed by atoms with Gasteiger partial charge in [0.05, 0.1) is 12.7 Å². The van der Waals surface area contributed by atoms with E-state index in [1.807, 2.05) is 24.3 Å². The molecule has 1 N–H and O–H groups in total. The van der Waals surface area contributed by atoms with Crippen LogP contribution in [0, 0.1) is 0 Å². The number of benzene rings is 1. The van der Waals surface area contributed by atoms with Crippen molar-refractivity contribution in [2.24, 2.45) is 0 Å². The van der Waals surface area contributed by atoms with Crippen LogP contribution in [0.2, 0.25) is 0 Å². The first-order chi connectivity index (χ1) is 10.7. The third-order valence-corrected chi connectivity index (χ3v) is 3.23. The lowest BCUT2D eigenvalue weighted by molar-refractivity contribution is -0.121. The maximum Gasteiger partial charge on any atom is 0.227 e. The third-order valence-electron chi connectivity index (χ3n) is 3.23. The van der Waals surface area contributed by atoms with Gasteiger partial charge in [0, 0.05) is 19.4 Å². The van der Waals surface area contributed by atoms with Crippen molar-refractivity contribution in [2.45, 2.75) is 32.6 Å². The quantitative estimate of drug-likeness (QED) is 0.758. The van der Waals surface area contributed by atoms with Crippen LogP contribution in [0.25, 0.3) is 11.4 Å². The summed E-state index contributed by atoms with van der Waals surface area (Å²) in [5, 5.41) is 6.81. The van der Waals surface area contributed by atoms with Crippen LogP contribution in [0.15, 0.2) is 28.8 Å². The number of unbranched alkanes of at least 4 members (excludes halogenated alkanes) is 1. The molecule has 2 aromatic rings. The Labute approximate surface area is 129 Å². The van der Waals surface area contributed by atoms with Gasteiger partial charge in [-0.15, -0.1) is 0 Å². The molecule has 0 atom stereocenters. The molecule has 1 aromatic carbocycles. The smallest absolute Gasteiger partial charge is 0.227 e. The number of nitrogens with zero attached hydrogens (tertiary/aromatic N) is 2. The highest BCUT2D eigenvalue weighted by molar-refractivity contribution is 5.76. The molecule has 1 heterocycles. The second-order valence-corrected chi connectivity index (χ2v) is 4.92. The summed E-state index contributed by atoms with van der Waals surface area (Å²) in [5.74, 6) is 1.61. The zero-order valence-electron chi connectivity index (χ0n) is 13.0. The molecule has 0 aliphatic rings. The lowest BCUT2D eigenvalue weighted by atomic mass is 10.2. The molecule has 6 heteroatoms. The second-order valence-electron chi connectivity index (χ2n) is 4.92. The standard InChI is InChI=1S/C16H21N3O3/c1-3-4-11-17-14(20)9-10-15-18-16(19-22-15)12-7-5-6-8-13(12)21-2/h5-8H,3-4,9-11H2,1-2H3,(H,17,20). The topological polar surface area (TPSA) is 77.2 Å². The number of hydrogen-bond donors (Lipinski definition) is 1. The summed E-state index contributed by atoms with van der Waals surface area (Å²) in [6.07, 6.45) is 2.83. The lowest BCUT2D eigenvalue weighted by Gasteiger charge is -2.03. The van der Waals surface area contributed by atoms with E-state index in [1.165, 1.54) is 0 Å². The molecule has 0 radical (unpaired) electrons. The largest absolute Gasteiger partial charge is 0.496 e. The highest BCUT2D eigenvalue weighted by Gasteiger charge is 2.13. The maximum absolute atomic E-state index is 11.6. The van der Waals surface area contributed by atoms with Gasteiger partial charge in [-0.05, 0) is 18.6 Å². The van der Waals surface area contributed by atoms with Crippen molar-refractivity contribution in [1.82, 2.24) is 15.5 Å². The SMILES string of the molecule is CCCCNC(=O)CCc1nc(-c2ccccc2OC)no1. The molecule has 0 bridgehead atoms. The maximum atomic E-state index is 11.6. The van der Waals surface area contributed by atoms with Gasteiger partial charge >= 0.3 is 0 Å². The van der Waals surface area contributed by atoms with E-state index < -0.39 is 0 Å². The van der Waals surface area contributed by atoms with Gasteiger partial charge < -0.3 is 14.6 Å². The highest BCUT2D eigenvalue weighted by Crippen LogP contribution is 2.27. The van der Waals surface area contributed by atoms with Gasteiger partial charge in [-0.25, -0.2) is 0 Å². The van der Waals surface area contributed by atoms with E-state index in [-0.39, 0.29) is 5.91 Å². The summed E-state index contributed by atoms with van der Waals surface area (Å²) in [7, 11) is 1.60. The van der Waals surface area contributed by atoms with E-state index in [1.54, 1.807) is 7.11 Å². The summed E-state index contributed by atoms with van der Waals surface area (Å²) >= 11 is 0. The Morgan fingerprint density at radius 2 is 2.18 bits per heavy atom. The number of methoxy groups -OCH3 is 1. The van der Waals surface area contributed by atoms with Crippen molar-refractivity contribution < 1.29 is 14.1 Å². The predicted octanol–water partition coefficient (Wildman–Crippen LogP) is 2.59. The molecule has 1 aromatic heterocycles. The van der Waals surface area contributed by atoms with Crippen LogP contribution >= 0.6 is 0 Å². The molecule has 6 nitrogen and oxygen atoms in total. The van der Waals surface area contributed by atoms with Crippen molar-refractivity contribution in [3.8, 4) is 17.1 Å². The Morgan fingerprint density at radius 3 is 2.95 bits per heavy atom. The van der Waals surface area contributed by atoms with Gasteiger partial charge in [-0.1, -0.05) is 30.6 Å². The summed E-state index contributed by atoms with van der Waals surface area (Å²) in [6.45, 7) is 2.80. The molecule has 0 aliphatic heterocycles. The Kier molecular flexibility index (Phi) is 5.94. The van der Waals surface area contributed by atoms with Crippen LogP contribution in [0.5, 0.6) is 5.75 Å². The zero-order valence-corrected chi connectivity index (χ0v) is 13.0. The van der Waals surface area contributed by atoms with Crippen molar-refractivity contribution in [1.29, 1.82) is 0 Å². The summed E-state index contributed by atoms with van der Waals surface area (Å²) < 4.78 is 10.5. The van der Waals surface area contributed by atoms with E-state index in [4.69, 9.17) is 9.26 Å². The first kappa shape index (κ1) is 16.0. The van der Waals surface area contributed by atoms with Gasteiger partial charge in [-0.2, -0.15) is 4.98 Å². The van der Waals surface area contributed by atoms with Crippen molar-refractivity contribution >= 4 is 5.91 Å². The van der Waals surface area contributed by atoms with Gasteiger partial charge in [0.15, 0.2) is 0 Å². The minimum absolute atomic E-state index is 0.00508. The average molecular weight is 303 g/mol. The van der Waals surface area contributed by atoms with Gasteiger partial charge in [0.2, 0.25) is 17.6 Å². The first-order valence-corrected chi connectivity index (χ1v) is 7.47. The van der Waals surface area contributed by atoms with E-state index in [2.05, 4.69) is 22.4 Å². The Bertz CT molecular complexity index is 610. The highest BCUT2D eigenvalue weighted by atomic mass is 16.5. The molecule has 0 saturated carbocycles. The number of aryl methyl sites for hydroxylation is 1. The van der Waals surface area contributed by atoms with E-state index in [9.17, 15) is 4.79 Å². The van der Waals surface area contributed by atoms with E-state index in [0.717, 1.165) is 18.4 Å². The van der Waals surface area contributed by atoms with E-state index >= 15 is 0 Å². The number of aromatic nitrogens is 2. The molecule has 2 rings (SSSR count). The number of ether oxygens (including phenoxy) is 1. The van der Waals surface area contributed by atoms with Crippen LogP contribution in [0.1, 0.15) is 32.1 Å². The van der Waals surface area contributed by atoms with E-state index in [0.29, 0.717) is 36.9 Å². The molecular formula is C16H21N3O3.